The second kappa shape index (κ2) is 4.58. The second-order valence-electron chi connectivity index (χ2n) is 5.80. The number of hydrogen-bond donors (Lipinski definition) is 1. The fourth-order valence-electron chi connectivity index (χ4n) is 2.77. The lowest BCUT2D eigenvalue weighted by atomic mass is 9.87. The number of rotatable bonds is 3. The standard InChI is InChI=1S/C15H23N/c1-12-6-4-7-13(10-12)11-16-14-8-5-9-15(14,2)3/h4,6-7,10,14,16H,5,8-9,11H2,1-3H3. The first-order chi connectivity index (χ1) is 7.58. The van der Waals surface area contributed by atoms with Gasteiger partial charge >= 0.3 is 0 Å². The van der Waals surface area contributed by atoms with E-state index < -0.39 is 0 Å². The van der Waals surface area contributed by atoms with Crippen LogP contribution in [-0.2, 0) is 6.54 Å². The molecule has 1 aromatic carbocycles. The van der Waals surface area contributed by atoms with Crippen molar-refractivity contribution in [3.63, 3.8) is 0 Å². The van der Waals surface area contributed by atoms with Crippen molar-refractivity contribution in [2.75, 3.05) is 0 Å². The van der Waals surface area contributed by atoms with E-state index >= 15 is 0 Å². The van der Waals surface area contributed by atoms with E-state index in [1.165, 1.54) is 30.4 Å². The Labute approximate surface area is 99.3 Å². The van der Waals surface area contributed by atoms with E-state index in [9.17, 15) is 0 Å². The van der Waals surface area contributed by atoms with Gasteiger partial charge in [0.1, 0.15) is 0 Å². The van der Waals surface area contributed by atoms with Crippen LogP contribution in [0.3, 0.4) is 0 Å². The van der Waals surface area contributed by atoms with Gasteiger partial charge in [-0.3, -0.25) is 0 Å². The highest BCUT2D eigenvalue weighted by Gasteiger charge is 2.33. The summed E-state index contributed by atoms with van der Waals surface area (Å²) in [5, 5.41) is 3.72. The molecule has 1 nitrogen and oxygen atoms in total. The van der Waals surface area contributed by atoms with Crippen molar-refractivity contribution in [1.29, 1.82) is 0 Å². The molecule has 1 N–H and O–H groups in total. The van der Waals surface area contributed by atoms with Crippen LogP contribution in [0.25, 0.3) is 0 Å². The molecular formula is C15H23N. The minimum atomic E-state index is 0.476. The fourth-order valence-corrected chi connectivity index (χ4v) is 2.77. The summed E-state index contributed by atoms with van der Waals surface area (Å²) in [6.45, 7) is 7.93. The average molecular weight is 217 g/mol. The Morgan fingerprint density at radius 3 is 2.81 bits per heavy atom. The van der Waals surface area contributed by atoms with Gasteiger partial charge in [-0.1, -0.05) is 50.1 Å². The van der Waals surface area contributed by atoms with Crippen LogP contribution in [0.5, 0.6) is 0 Å². The molecule has 0 aliphatic heterocycles. The minimum absolute atomic E-state index is 0.476. The van der Waals surface area contributed by atoms with E-state index in [1.807, 2.05) is 0 Å². The molecule has 1 fully saturated rings. The number of aryl methyl sites for hydroxylation is 1. The third kappa shape index (κ3) is 2.65. The molecule has 0 spiro atoms. The molecule has 2 rings (SSSR count). The third-order valence-electron chi connectivity index (χ3n) is 3.89. The predicted molar refractivity (Wildman–Crippen MR) is 69.4 cm³/mol. The van der Waals surface area contributed by atoms with Gasteiger partial charge in [0.2, 0.25) is 0 Å². The Balaban J connectivity index is 1.92. The maximum Gasteiger partial charge on any atom is 0.0208 e. The summed E-state index contributed by atoms with van der Waals surface area (Å²) in [6.07, 6.45) is 4.07. The minimum Gasteiger partial charge on any atom is -0.309 e. The Morgan fingerprint density at radius 2 is 2.19 bits per heavy atom. The first kappa shape index (κ1) is 11.7. The molecule has 16 heavy (non-hydrogen) atoms. The lowest BCUT2D eigenvalue weighted by Crippen LogP contribution is -2.37. The van der Waals surface area contributed by atoms with E-state index in [0.29, 0.717) is 11.5 Å². The normalized spacial score (nSPS) is 23.6. The summed E-state index contributed by atoms with van der Waals surface area (Å²) in [4.78, 5) is 0. The van der Waals surface area contributed by atoms with Crippen LogP contribution in [-0.4, -0.2) is 6.04 Å². The van der Waals surface area contributed by atoms with Crippen LogP contribution in [0.1, 0.15) is 44.2 Å². The topological polar surface area (TPSA) is 12.0 Å². The fraction of sp³-hybridized carbons (Fsp3) is 0.600. The molecule has 88 valence electrons. The number of hydrogen-bond acceptors (Lipinski definition) is 1. The van der Waals surface area contributed by atoms with Gasteiger partial charge < -0.3 is 5.32 Å². The van der Waals surface area contributed by atoms with Crippen LogP contribution in [0.2, 0.25) is 0 Å². The predicted octanol–water partition coefficient (Wildman–Crippen LogP) is 3.66. The summed E-state index contributed by atoms with van der Waals surface area (Å²) < 4.78 is 0. The molecule has 1 aliphatic rings. The molecule has 1 aliphatic carbocycles. The molecule has 0 aromatic heterocycles. The summed E-state index contributed by atoms with van der Waals surface area (Å²) in [5.74, 6) is 0. The van der Waals surface area contributed by atoms with Crippen LogP contribution in [0.15, 0.2) is 24.3 Å². The second-order valence-corrected chi connectivity index (χ2v) is 5.80. The highest BCUT2D eigenvalue weighted by Crippen LogP contribution is 2.37. The average Bonchev–Trinajstić information content (AvgIpc) is 2.55. The zero-order valence-electron chi connectivity index (χ0n) is 10.7. The molecule has 1 unspecified atom stereocenters. The van der Waals surface area contributed by atoms with Gasteiger partial charge in [0.25, 0.3) is 0 Å². The SMILES string of the molecule is Cc1cccc(CNC2CCCC2(C)C)c1. The highest BCUT2D eigenvalue weighted by atomic mass is 14.9. The maximum absolute atomic E-state index is 3.72. The van der Waals surface area contributed by atoms with Gasteiger partial charge in [0, 0.05) is 12.6 Å². The highest BCUT2D eigenvalue weighted by molar-refractivity contribution is 5.22. The summed E-state index contributed by atoms with van der Waals surface area (Å²) in [6, 6.07) is 9.47. The summed E-state index contributed by atoms with van der Waals surface area (Å²) >= 11 is 0. The van der Waals surface area contributed by atoms with Crippen LogP contribution >= 0.6 is 0 Å². The number of benzene rings is 1. The summed E-state index contributed by atoms with van der Waals surface area (Å²) in [5.41, 5.74) is 3.23. The van der Waals surface area contributed by atoms with Crippen molar-refractivity contribution in [3.05, 3.63) is 35.4 Å². The molecule has 0 amide bonds. The van der Waals surface area contributed by atoms with Crippen molar-refractivity contribution < 1.29 is 0 Å². The van der Waals surface area contributed by atoms with Crippen LogP contribution < -0.4 is 5.32 Å². The van der Waals surface area contributed by atoms with E-state index in [1.54, 1.807) is 0 Å². The lowest BCUT2D eigenvalue weighted by molar-refractivity contribution is 0.282. The van der Waals surface area contributed by atoms with Crippen molar-refractivity contribution >= 4 is 0 Å². The van der Waals surface area contributed by atoms with Gasteiger partial charge in [-0.25, -0.2) is 0 Å². The van der Waals surface area contributed by atoms with Gasteiger partial charge in [-0.2, -0.15) is 0 Å². The molecule has 0 saturated heterocycles. The number of nitrogens with one attached hydrogen (secondary N) is 1. The maximum atomic E-state index is 3.72. The van der Waals surface area contributed by atoms with Gasteiger partial charge in [0.05, 0.1) is 0 Å². The van der Waals surface area contributed by atoms with Gasteiger partial charge in [-0.15, -0.1) is 0 Å². The third-order valence-corrected chi connectivity index (χ3v) is 3.89. The smallest absolute Gasteiger partial charge is 0.0208 e. The molecule has 1 heteroatoms. The first-order valence-electron chi connectivity index (χ1n) is 6.37. The first-order valence-corrected chi connectivity index (χ1v) is 6.37. The lowest BCUT2D eigenvalue weighted by Gasteiger charge is -2.28. The molecule has 1 atom stereocenters. The zero-order chi connectivity index (χ0) is 11.6. The van der Waals surface area contributed by atoms with Crippen molar-refractivity contribution in [1.82, 2.24) is 5.32 Å². The molecule has 0 bridgehead atoms. The molecule has 0 radical (unpaired) electrons. The quantitative estimate of drug-likeness (QED) is 0.814. The zero-order valence-corrected chi connectivity index (χ0v) is 10.7. The van der Waals surface area contributed by atoms with E-state index in [2.05, 4.69) is 50.4 Å². The van der Waals surface area contributed by atoms with Crippen molar-refractivity contribution in [3.8, 4) is 0 Å². The Bertz CT molecular complexity index is 354. The molecule has 1 aromatic rings. The molecule has 0 heterocycles. The monoisotopic (exact) mass is 217 g/mol. The summed E-state index contributed by atoms with van der Waals surface area (Å²) in [7, 11) is 0. The largest absolute Gasteiger partial charge is 0.309 e. The molecule has 1 saturated carbocycles. The van der Waals surface area contributed by atoms with Crippen LogP contribution in [0, 0.1) is 12.3 Å². The molecular weight excluding hydrogens is 194 g/mol. The Morgan fingerprint density at radius 1 is 1.38 bits per heavy atom. The van der Waals surface area contributed by atoms with E-state index in [-0.39, 0.29) is 0 Å². The van der Waals surface area contributed by atoms with E-state index in [0.717, 1.165) is 6.54 Å². The Hall–Kier alpha value is -0.820. The van der Waals surface area contributed by atoms with Crippen molar-refractivity contribution in [2.45, 2.75) is 52.6 Å². The van der Waals surface area contributed by atoms with Gasteiger partial charge in [-0.05, 0) is 30.7 Å². The Kier molecular flexibility index (Phi) is 3.34. The van der Waals surface area contributed by atoms with Crippen LogP contribution in [0.4, 0.5) is 0 Å². The van der Waals surface area contributed by atoms with Crippen molar-refractivity contribution in [2.24, 2.45) is 5.41 Å². The van der Waals surface area contributed by atoms with E-state index in [4.69, 9.17) is 0 Å². The van der Waals surface area contributed by atoms with Gasteiger partial charge in [0.15, 0.2) is 0 Å².